The van der Waals surface area contributed by atoms with Crippen molar-refractivity contribution in [2.75, 3.05) is 18.9 Å². The molecule has 0 spiro atoms. The van der Waals surface area contributed by atoms with Gasteiger partial charge in [0.15, 0.2) is 0 Å². The van der Waals surface area contributed by atoms with Crippen LogP contribution in [0.1, 0.15) is 63.9 Å². The minimum Gasteiger partial charge on any atom is -0.446 e. The smallest absolute Gasteiger partial charge is 0.411 e. The third-order valence-corrected chi connectivity index (χ3v) is 12.1. The van der Waals surface area contributed by atoms with Crippen LogP contribution in [0.25, 0.3) is 11.5 Å². The maximum absolute atomic E-state index is 14.0. The molecule has 2 aromatic rings. The van der Waals surface area contributed by atoms with E-state index in [-0.39, 0.29) is 31.1 Å². The molecule has 1 aromatic carbocycles. The van der Waals surface area contributed by atoms with Crippen LogP contribution in [0.5, 0.6) is 0 Å². The zero-order valence-corrected chi connectivity index (χ0v) is 27.6. The number of anilines is 1. The maximum atomic E-state index is 14.0. The van der Waals surface area contributed by atoms with E-state index in [0.717, 1.165) is 24.8 Å². The molecule has 5 unspecified atom stereocenters. The number of fused-ring (bicyclic) bond motifs is 2. The van der Waals surface area contributed by atoms with Crippen LogP contribution in [0.3, 0.4) is 0 Å². The van der Waals surface area contributed by atoms with Gasteiger partial charge in [0.2, 0.25) is 27.7 Å². The van der Waals surface area contributed by atoms with Crippen LogP contribution in [-0.2, 0) is 29.1 Å². The molecule has 47 heavy (non-hydrogen) atoms. The minimum absolute atomic E-state index is 0.0541. The number of hydrogen-bond acceptors (Lipinski definition) is 9. The zero-order valence-electron chi connectivity index (χ0n) is 26.8. The predicted molar refractivity (Wildman–Crippen MR) is 171 cm³/mol. The molecule has 3 aliphatic carbocycles. The van der Waals surface area contributed by atoms with Crippen molar-refractivity contribution < 1.29 is 36.7 Å². The number of rotatable bonds is 6. The van der Waals surface area contributed by atoms with Crippen molar-refractivity contribution in [1.29, 1.82) is 0 Å². The number of oxazole rings is 1. The highest BCUT2D eigenvalue weighted by Gasteiger charge is 2.63. The topological polar surface area (TPSA) is 177 Å². The molecule has 0 bridgehead atoms. The molecule has 5 atom stereocenters. The fourth-order valence-electron chi connectivity index (χ4n) is 6.59. The fourth-order valence-corrected chi connectivity index (χ4v) is 7.90. The first-order valence-corrected chi connectivity index (χ1v) is 17.6. The Balaban J connectivity index is 1.21. The number of carbonyl (C=O) groups excluding carboxylic acids is 4. The van der Waals surface area contributed by atoms with Gasteiger partial charge in [0.25, 0.3) is 5.91 Å². The first kappa shape index (κ1) is 32.7. The lowest BCUT2D eigenvalue weighted by molar-refractivity contribution is -0.140. The zero-order chi connectivity index (χ0) is 33.6. The molecular formula is C33H41N5O8S. The summed E-state index contributed by atoms with van der Waals surface area (Å²) in [6, 6.07) is 5.39. The van der Waals surface area contributed by atoms with Crippen molar-refractivity contribution in [2.24, 2.45) is 17.8 Å². The average molecular weight is 668 g/mol. The van der Waals surface area contributed by atoms with E-state index in [9.17, 15) is 27.6 Å². The van der Waals surface area contributed by atoms with Gasteiger partial charge in [-0.25, -0.2) is 18.2 Å². The number of benzene rings is 1. The van der Waals surface area contributed by atoms with Crippen molar-refractivity contribution in [2.45, 2.75) is 81.6 Å². The summed E-state index contributed by atoms with van der Waals surface area (Å²) in [5.74, 6) is -3.34. The van der Waals surface area contributed by atoms with Crippen molar-refractivity contribution in [3.8, 4) is 11.5 Å². The molecule has 3 saturated carbocycles. The molecule has 4 aliphatic rings. The normalized spacial score (nSPS) is 28.7. The van der Waals surface area contributed by atoms with Gasteiger partial charge in [-0.2, -0.15) is 0 Å². The van der Waals surface area contributed by atoms with Crippen molar-refractivity contribution in [3.63, 3.8) is 0 Å². The van der Waals surface area contributed by atoms with Crippen LogP contribution in [0.2, 0.25) is 0 Å². The lowest BCUT2D eigenvalue weighted by atomic mass is 9.93. The van der Waals surface area contributed by atoms with Crippen LogP contribution in [-0.4, -0.2) is 72.1 Å². The maximum Gasteiger partial charge on any atom is 0.411 e. The molecule has 14 heteroatoms. The quantitative estimate of drug-likeness (QED) is 0.388. The number of amides is 4. The van der Waals surface area contributed by atoms with Gasteiger partial charge in [-0.1, -0.05) is 18.2 Å². The molecule has 2 heterocycles. The number of nitrogens with zero attached hydrogens (tertiary/aromatic N) is 2. The highest BCUT2D eigenvalue weighted by atomic mass is 32.2. The van der Waals surface area contributed by atoms with E-state index in [4.69, 9.17) is 9.15 Å². The molecule has 252 valence electrons. The third kappa shape index (κ3) is 6.65. The summed E-state index contributed by atoms with van der Waals surface area (Å²) in [6.07, 6.45) is 8.81. The van der Waals surface area contributed by atoms with Gasteiger partial charge in [0, 0.05) is 19.5 Å². The summed E-state index contributed by atoms with van der Waals surface area (Å²) in [4.78, 5) is 60.2. The van der Waals surface area contributed by atoms with Crippen molar-refractivity contribution in [3.05, 3.63) is 48.4 Å². The monoisotopic (exact) mass is 667 g/mol. The molecule has 0 radical (unpaired) electrons. The van der Waals surface area contributed by atoms with Crippen LogP contribution >= 0.6 is 0 Å². The van der Waals surface area contributed by atoms with Crippen molar-refractivity contribution >= 4 is 39.5 Å². The van der Waals surface area contributed by atoms with Gasteiger partial charge >= 0.3 is 6.09 Å². The molecular weight excluding hydrogens is 626 g/mol. The first-order valence-electron chi connectivity index (χ1n) is 16.1. The van der Waals surface area contributed by atoms with Crippen LogP contribution in [0, 0.1) is 24.7 Å². The van der Waals surface area contributed by atoms with Crippen molar-refractivity contribution in [1.82, 2.24) is 19.9 Å². The van der Waals surface area contributed by atoms with Crippen LogP contribution in [0.4, 0.5) is 10.5 Å². The van der Waals surface area contributed by atoms with E-state index in [1.165, 1.54) is 12.5 Å². The predicted octanol–water partition coefficient (Wildman–Crippen LogP) is 3.67. The Hall–Kier alpha value is -4.20. The molecule has 3 N–H and O–H groups in total. The molecule has 13 nitrogen and oxygen atoms in total. The van der Waals surface area contributed by atoms with Gasteiger partial charge < -0.3 is 19.4 Å². The summed E-state index contributed by atoms with van der Waals surface area (Å²) >= 11 is 0. The van der Waals surface area contributed by atoms with Gasteiger partial charge in [0.05, 0.1) is 34.0 Å². The number of sulfonamides is 1. The number of ether oxygens (including phenoxy) is 1. The highest BCUT2D eigenvalue weighted by Crippen LogP contribution is 2.48. The Bertz CT molecular complexity index is 1700. The van der Waals surface area contributed by atoms with E-state index in [1.807, 2.05) is 25.1 Å². The molecule has 1 aromatic heterocycles. The van der Waals surface area contributed by atoms with Gasteiger partial charge in [-0.05, 0) is 82.9 Å². The second-order valence-electron chi connectivity index (χ2n) is 13.6. The lowest BCUT2D eigenvalue weighted by Gasteiger charge is -2.27. The molecule has 3 fully saturated rings. The Labute approximate surface area is 273 Å². The van der Waals surface area contributed by atoms with E-state index in [0.29, 0.717) is 36.5 Å². The van der Waals surface area contributed by atoms with E-state index in [2.05, 4.69) is 20.3 Å². The van der Waals surface area contributed by atoms with Gasteiger partial charge in [0.1, 0.15) is 17.9 Å². The molecule has 0 saturated heterocycles. The number of nitrogens with one attached hydrogen (secondary N) is 3. The van der Waals surface area contributed by atoms with E-state index in [1.54, 1.807) is 31.0 Å². The minimum atomic E-state index is -3.94. The van der Waals surface area contributed by atoms with Crippen LogP contribution < -0.4 is 15.4 Å². The first-order chi connectivity index (χ1) is 22.3. The highest BCUT2D eigenvalue weighted by molar-refractivity contribution is 7.91. The summed E-state index contributed by atoms with van der Waals surface area (Å²) < 4.78 is 38.3. The number of carbonyl (C=O) groups is 4. The Kier molecular flexibility index (Phi) is 8.66. The molecule has 4 amide bonds. The van der Waals surface area contributed by atoms with E-state index >= 15 is 0 Å². The second kappa shape index (κ2) is 12.4. The SMILES string of the molecule is Cc1ccc(-c2ncco2)c(NC(=O)OC2CC3C(=O)NC4(C(=O)NS(=O)(=O)C5(C)CC5)CC4C=CCCCCN(C)C(=O)C3C2)c1. The second-order valence-corrected chi connectivity index (χ2v) is 15.8. The number of hydrogen-bond donors (Lipinski definition) is 3. The fraction of sp³-hybridized carbons (Fsp3) is 0.545. The summed E-state index contributed by atoms with van der Waals surface area (Å²) in [5.41, 5.74) is 0.421. The molecule has 6 rings (SSSR count). The third-order valence-electron chi connectivity index (χ3n) is 9.98. The Morgan fingerprint density at radius 3 is 2.64 bits per heavy atom. The standard InChI is InChI=1S/C33H41N5O8S/c1-20-9-10-23(28-34-13-15-45-28)26(16-20)35-31(42)46-22-17-24-25(18-22)29(40)38(3)14-7-5-4-6-8-21-19-33(21,36-27(24)39)30(41)37-47(43,44)32(2)11-12-32/h6,8-10,13,15-16,21-22,24-25H,4-5,7,11-12,14,17-19H2,1-3H3,(H,35,42)(H,36,39)(H,37,41). The van der Waals surface area contributed by atoms with Gasteiger partial charge in [-0.3, -0.25) is 24.4 Å². The Morgan fingerprint density at radius 1 is 1.15 bits per heavy atom. The number of allylic oxidation sites excluding steroid dienone is 1. The average Bonchev–Trinajstić information content (AvgIpc) is 3.77. The summed E-state index contributed by atoms with van der Waals surface area (Å²) in [5, 5.41) is 5.61. The number of aryl methyl sites for hydroxylation is 1. The summed E-state index contributed by atoms with van der Waals surface area (Å²) in [7, 11) is -2.25. The van der Waals surface area contributed by atoms with E-state index < -0.39 is 56.2 Å². The van der Waals surface area contributed by atoms with Gasteiger partial charge in [-0.15, -0.1) is 0 Å². The number of aromatic nitrogens is 1. The molecule has 1 aliphatic heterocycles. The lowest BCUT2D eigenvalue weighted by Crippen LogP contribution is -2.55. The largest absolute Gasteiger partial charge is 0.446 e. The van der Waals surface area contributed by atoms with Crippen LogP contribution in [0.15, 0.2) is 47.2 Å². The Morgan fingerprint density at radius 2 is 1.91 bits per heavy atom. The summed E-state index contributed by atoms with van der Waals surface area (Å²) in [6.45, 7) is 3.97.